The maximum Gasteiger partial charge on any atom is 0.119 e. The number of methoxy groups -OCH3 is 1. The third-order valence-corrected chi connectivity index (χ3v) is 2.89. The zero-order chi connectivity index (χ0) is 9.97. The summed E-state index contributed by atoms with van der Waals surface area (Å²) in [6.45, 7) is 0.746. The Labute approximate surface area is 88.8 Å². The SMILES string of the molecule is COc1cccc([C@H]2OCC[C@@H]2Cl)c1. The first-order valence-electron chi connectivity index (χ1n) is 4.71. The highest BCUT2D eigenvalue weighted by Gasteiger charge is 2.27. The van der Waals surface area contributed by atoms with E-state index in [9.17, 15) is 0 Å². The number of rotatable bonds is 2. The van der Waals surface area contributed by atoms with Crippen molar-refractivity contribution in [1.29, 1.82) is 0 Å². The highest BCUT2D eigenvalue weighted by molar-refractivity contribution is 6.21. The van der Waals surface area contributed by atoms with Gasteiger partial charge in [-0.25, -0.2) is 0 Å². The average Bonchev–Trinajstić information content (AvgIpc) is 2.65. The minimum Gasteiger partial charge on any atom is -0.497 e. The number of alkyl halides is 1. The normalized spacial score (nSPS) is 26.4. The van der Waals surface area contributed by atoms with Crippen molar-refractivity contribution >= 4 is 11.6 Å². The van der Waals surface area contributed by atoms with Crippen molar-refractivity contribution in [3.63, 3.8) is 0 Å². The fourth-order valence-electron chi connectivity index (χ4n) is 1.69. The van der Waals surface area contributed by atoms with Crippen molar-refractivity contribution in [2.45, 2.75) is 17.9 Å². The summed E-state index contributed by atoms with van der Waals surface area (Å²) in [5, 5.41) is 0.0853. The zero-order valence-electron chi connectivity index (χ0n) is 8.07. The van der Waals surface area contributed by atoms with E-state index in [1.54, 1.807) is 7.11 Å². The molecule has 1 saturated heterocycles. The summed E-state index contributed by atoms with van der Waals surface area (Å²) < 4.78 is 10.7. The van der Waals surface area contributed by atoms with Crippen LogP contribution < -0.4 is 4.74 Å². The molecular weight excluding hydrogens is 200 g/mol. The molecule has 0 amide bonds. The summed E-state index contributed by atoms with van der Waals surface area (Å²) >= 11 is 6.14. The number of halogens is 1. The van der Waals surface area contributed by atoms with Crippen molar-refractivity contribution in [3.05, 3.63) is 29.8 Å². The Bertz CT molecular complexity index is 314. The van der Waals surface area contributed by atoms with E-state index in [0.717, 1.165) is 24.3 Å². The van der Waals surface area contributed by atoms with Gasteiger partial charge in [0.25, 0.3) is 0 Å². The quantitative estimate of drug-likeness (QED) is 0.702. The second-order valence-corrected chi connectivity index (χ2v) is 3.93. The maximum atomic E-state index is 6.14. The number of benzene rings is 1. The summed E-state index contributed by atoms with van der Waals surface area (Å²) in [6.07, 6.45) is 0.940. The molecule has 0 aliphatic carbocycles. The molecule has 0 unspecified atom stereocenters. The largest absolute Gasteiger partial charge is 0.497 e. The fraction of sp³-hybridized carbons (Fsp3) is 0.455. The predicted octanol–water partition coefficient (Wildman–Crippen LogP) is 2.76. The lowest BCUT2D eigenvalue weighted by Gasteiger charge is -2.14. The molecule has 2 atom stereocenters. The fourth-order valence-corrected chi connectivity index (χ4v) is 1.99. The standard InChI is InChI=1S/C11H13ClO2/c1-13-9-4-2-3-8(7-9)11-10(12)5-6-14-11/h2-4,7,10-11H,5-6H2,1H3/t10-,11+/m0/s1. The van der Waals surface area contributed by atoms with Crippen LogP contribution in [-0.4, -0.2) is 19.1 Å². The molecule has 1 aromatic rings. The summed E-state index contributed by atoms with van der Waals surface area (Å²) in [4.78, 5) is 0. The first-order chi connectivity index (χ1) is 6.81. The van der Waals surface area contributed by atoms with E-state index in [2.05, 4.69) is 0 Å². The first-order valence-corrected chi connectivity index (χ1v) is 5.14. The summed E-state index contributed by atoms with van der Waals surface area (Å²) in [5.74, 6) is 0.849. The van der Waals surface area contributed by atoms with Gasteiger partial charge in [0.1, 0.15) is 5.75 Å². The smallest absolute Gasteiger partial charge is 0.119 e. The Balaban J connectivity index is 2.22. The van der Waals surface area contributed by atoms with Gasteiger partial charge in [-0.3, -0.25) is 0 Å². The third kappa shape index (κ3) is 1.86. The van der Waals surface area contributed by atoms with Gasteiger partial charge in [-0.1, -0.05) is 12.1 Å². The third-order valence-electron chi connectivity index (χ3n) is 2.44. The van der Waals surface area contributed by atoms with E-state index in [0.29, 0.717) is 0 Å². The van der Waals surface area contributed by atoms with Crippen molar-refractivity contribution < 1.29 is 9.47 Å². The summed E-state index contributed by atoms with van der Waals surface area (Å²) in [5.41, 5.74) is 1.10. The van der Waals surface area contributed by atoms with Crippen LogP contribution in [0.1, 0.15) is 18.1 Å². The molecule has 1 aliphatic heterocycles. The Kier molecular flexibility index (Phi) is 2.94. The molecule has 2 nitrogen and oxygen atoms in total. The molecular formula is C11H13ClO2. The van der Waals surface area contributed by atoms with Crippen LogP contribution in [0.15, 0.2) is 24.3 Å². The van der Waals surface area contributed by atoms with Gasteiger partial charge in [0.05, 0.1) is 18.6 Å². The lowest BCUT2D eigenvalue weighted by molar-refractivity contribution is 0.113. The second kappa shape index (κ2) is 4.20. The predicted molar refractivity (Wildman–Crippen MR) is 55.9 cm³/mol. The Morgan fingerprint density at radius 1 is 1.50 bits per heavy atom. The van der Waals surface area contributed by atoms with Crippen LogP contribution in [0.2, 0.25) is 0 Å². The summed E-state index contributed by atoms with van der Waals surface area (Å²) in [7, 11) is 1.66. The topological polar surface area (TPSA) is 18.5 Å². The van der Waals surface area contributed by atoms with E-state index >= 15 is 0 Å². The Morgan fingerprint density at radius 3 is 3.00 bits per heavy atom. The molecule has 0 radical (unpaired) electrons. The molecule has 0 spiro atoms. The van der Waals surface area contributed by atoms with E-state index in [1.807, 2.05) is 24.3 Å². The highest BCUT2D eigenvalue weighted by Crippen LogP contribution is 2.34. The molecule has 14 heavy (non-hydrogen) atoms. The van der Waals surface area contributed by atoms with Gasteiger partial charge in [0, 0.05) is 6.61 Å². The van der Waals surface area contributed by atoms with Gasteiger partial charge in [0.15, 0.2) is 0 Å². The molecule has 2 rings (SSSR count). The molecule has 0 saturated carbocycles. The lowest BCUT2D eigenvalue weighted by atomic mass is 10.1. The van der Waals surface area contributed by atoms with Crippen molar-refractivity contribution in [1.82, 2.24) is 0 Å². The van der Waals surface area contributed by atoms with E-state index in [1.165, 1.54) is 0 Å². The Morgan fingerprint density at radius 2 is 2.36 bits per heavy atom. The molecule has 1 aliphatic rings. The minimum atomic E-state index is 0.0202. The van der Waals surface area contributed by atoms with Gasteiger partial charge in [-0.05, 0) is 24.1 Å². The van der Waals surface area contributed by atoms with Crippen molar-refractivity contribution in [2.24, 2.45) is 0 Å². The van der Waals surface area contributed by atoms with Crippen molar-refractivity contribution in [3.8, 4) is 5.75 Å². The molecule has 1 fully saturated rings. The van der Waals surface area contributed by atoms with Crippen LogP contribution in [0.4, 0.5) is 0 Å². The summed E-state index contributed by atoms with van der Waals surface area (Å²) in [6, 6.07) is 7.88. The van der Waals surface area contributed by atoms with Crippen LogP contribution in [0.5, 0.6) is 5.75 Å². The Hall–Kier alpha value is -0.730. The van der Waals surface area contributed by atoms with Crippen LogP contribution in [0, 0.1) is 0 Å². The zero-order valence-corrected chi connectivity index (χ0v) is 8.83. The maximum absolute atomic E-state index is 6.14. The van der Waals surface area contributed by atoms with Gasteiger partial charge in [-0.2, -0.15) is 0 Å². The molecule has 3 heteroatoms. The first kappa shape index (κ1) is 9.81. The number of hydrogen-bond donors (Lipinski definition) is 0. The number of hydrogen-bond acceptors (Lipinski definition) is 2. The van der Waals surface area contributed by atoms with E-state index in [-0.39, 0.29) is 11.5 Å². The van der Waals surface area contributed by atoms with E-state index in [4.69, 9.17) is 21.1 Å². The van der Waals surface area contributed by atoms with Crippen LogP contribution in [0.3, 0.4) is 0 Å². The van der Waals surface area contributed by atoms with Crippen molar-refractivity contribution in [2.75, 3.05) is 13.7 Å². The molecule has 76 valence electrons. The second-order valence-electron chi connectivity index (χ2n) is 3.37. The van der Waals surface area contributed by atoms with Gasteiger partial charge < -0.3 is 9.47 Å². The minimum absolute atomic E-state index is 0.0202. The highest BCUT2D eigenvalue weighted by atomic mass is 35.5. The van der Waals surface area contributed by atoms with Gasteiger partial charge in [-0.15, -0.1) is 11.6 Å². The number of ether oxygens (including phenoxy) is 2. The molecule has 0 N–H and O–H groups in total. The van der Waals surface area contributed by atoms with Gasteiger partial charge >= 0.3 is 0 Å². The monoisotopic (exact) mass is 212 g/mol. The lowest BCUT2D eigenvalue weighted by Crippen LogP contribution is -2.06. The molecule has 1 heterocycles. The van der Waals surface area contributed by atoms with Gasteiger partial charge in [0.2, 0.25) is 0 Å². The molecule has 0 aromatic heterocycles. The van der Waals surface area contributed by atoms with Crippen LogP contribution in [0.25, 0.3) is 0 Å². The molecule has 1 aromatic carbocycles. The van der Waals surface area contributed by atoms with Crippen LogP contribution >= 0.6 is 11.6 Å². The average molecular weight is 213 g/mol. The molecule has 0 bridgehead atoms. The van der Waals surface area contributed by atoms with E-state index < -0.39 is 0 Å². The van der Waals surface area contributed by atoms with Crippen LogP contribution in [-0.2, 0) is 4.74 Å².